The Balaban J connectivity index is 1.64. The summed E-state index contributed by atoms with van der Waals surface area (Å²) in [5.74, 6) is -0.0973. The van der Waals surface area contributed by atoms with E-state index in [9.17, 15) is 14.7 Å². The van der Waals surface area contributed by atoms with Crippen molar-refractivity contribution in [3.05, 3.63) is 82.9 Å². The van der Waals surface area contributed by atoms with Crippen LogP contribution < -0.4 is 19.1 Å². The molecule has 1 N–H and O–H groups in total. The van der Waals surface area contributed by atoms with Crippen LogP contribution in [0.4, 0.5) is 5.13 Å². The second-order valence-electron chi connectivity index (χ2n) is 10.3. The summed E-state index contributed by atoms with van der Waals surface area (Å²) in [6.07, 6.45) is 3.06. The van der Waals surface area contributed by atoms with Crippen LogP contribution in [-0.4, -0.2) is 41.6 Å². The minimum atomic E-state index is -0.943. The maximum atomic E-state index is 13.7. The van der Waals surface area contributed by atoms with Gasteiger partial charge in [-0.2, -0.15) is 0 Å². The third-order valence-electron chi connectivity index (χ3n) is 7.21. The van der Waals surface area contributed by atoms with Crippen LogP contribution in [0.25, 0.3) is 16.0 Å². The molecule has 1 fully saturated rings. The van der Waals surface area contributed by atoms with Crippen molar-refractivity contribution >= 4 is 44.1 Å². The van der Waals surface area contributed by atoms with E-state index in [4.69, 9.17) is 19.2 Å². The molecule has 1 atom stereocenters. The van der Waals surface area contributed by atoms with Gasteiger partial charge in [0.25, 0.3) is 5.78 Å². The van der Waals surface area contributed by atoms with Crippen molar-refractivity contribution in [1.29, 1.82) is 0 Å². The van der Waals surface area contributed by atoms with Crippen LogP contribution in [-0.2, 0) is 9.59 Å². The number of carbonyl (C=O) groups excluding carboxylic acids is 2. The lowest BCUT2D eigenvalue weighted by Gasteiger charge is -2.24. The summed E-state index contributed by atoms with van der Waals surface area (Å²) in [7, 11) is 0. The molecule has 1 saturated heterocycles. The topological polar surface area (TPSA) is 98.2 Å². The maximum Gasteiger partial charge on any atom is 0.301 e. The molecule has 1 unspecified atom stereocenters. The molecule has 0 radical (unpaired) electrons. The lowest BCUT2D eigenvalue weighted by Crippen LogP contribution is -2.29. The van der Waals surface area contributed by atoms with Gasteiger partial charge >= 0.3 is 5.91 Å². The Morgan fingerprint density at radius 3 is 2.40 bits per heavy atom. The molecule has 43 heavy (non-hydrogen) atoms. The van der Waals surface area contributed by atoms with Gasteiger partial charge in [0.05, 0.1) is 41.7 Å². The molecule has 9 heteroatoms. The largest absolute Gasteiger partial charge is 0.507 e. The van der Waals surface area contributed by atoms with Gasteiger partial charge in [-0.15, -0.1) is 0 Å². The number of hydrogen-bond acceptors (Lipinski definition) is 8. The number of benzene rings is 3. The van der Waals surface area contributed by atoms with E-state index < -0.39 is 17.7 Å². The molecule has 2 heterocycles. The first kappa shape index (κ1) is 30.1. The van der Waals surface area contributed by atoms with E-state index in [2.05, 4.69) is 6.92 Å². The number of hydrogen-bond donors (Lipinski definition) is 1. The Hall–Kier alpha value is -4.37. The molecule has 1 amide bonds. The molecular weight excluding hydrogens is 564 g/mol. The average molecular weight is 601 g/mol. The van der Waals surface area contributed by atoms with Crippen molar-refractivity contribution in [3.63, 3.8) is 0 Å². The summed E-state index contributed by atoms with van der Waals surface area (Å²) >= 11 is 1.33. The second-order valence-corrected chi connectivity index (χ2v) is 11.3. The van der Waals surface area contributed by atoms with Crippen molar-refractivity contribution in [1.82, 2.24) is 4.98 Å². The first-order valence-corrected chi connectivity index (χ1v) is 15.5. The van der Waals surface area contributed by atoms with E-state index in [1.165, 1.54) is 16.2 Å². The number of aliphatic hydroxyl groups excluding tert-OH is 1. The zero-order valence-electron chi connectivity index (χ0n) is 24.9. The SMILES string of the molecule is CCCCCOc1ccc(C2/C(=C(\O)c3ccc(OCC)cc3)C(=O)C(=O)N2c2nc3ccc(C)cc3s2)cc1OCC. The zero-order chi connectivity index (χ0) is 30.5. The summed E-state index contributed by atoms with van der Waals surface area (Å²) < 4.78 is 18.4. The Labute approximate surface area is 255 Å². The lowest BCUT2D eigenvalue weighted by molar-refractivity contribution is -0.132. The van der Waals surface area contributed by atoms with Crippen LogP contribution in [0.3, 0.4) is 0 Å². The fourth-order valence-corrected chi connectivity index (χ4v) is 6.21. The number of Topliss-reactive ketones (excluding diaryl/α,β-unsaturated/α-hetero) is 1. The predicted molar refractivity (Wildman–Crippen MR) is 169 cm³/mol. The molecule has 1 aromatic heterocycles. The lowest BCUT2D eigenvalue weighted by atomic mass is 9.95. The van der Waals surface area contributed by atoms with Gasteiger partial charge in [0, 0.05) is 5.56 Å². The second kappa shape index (κ2) is 13.3. The Kier molecular flexibility index (Phi) is 9.31. The van der Waals surface area contributed by atoms with Gasteiger partial charge in [0.15, 0.2) is 16.6 Å². The van der Waals surface area contributed by atoms with Crippen LogP contribution in [0.5, 0.6) is 17.2 Å². The monoisotopic (exact) mass is 600 g/mol. The minimum Gasteiger partial charge on any atom is -0.507 e. The summed E-state index contributed by atoms with van der Waals surface area (Å²) in [4.78, 5) is 33.5. The normalized spacial score (nSPS) is 16.2. The van der Waals surface area contributed by atoms with Gasteiger partial charge in [-0.3, -0.25) is 14.5 Å². The van der Waals surface area contributed by atoms with Crippen molar-refractivity contribution in [2.75, 3.05) is 24.7 Å². The molecule has 3 aromatic carbocycles. The van der Waals surface area contributed by atoms with Crippen molar-refractivity contribution < 1.29 is 28.9 Å². The van der Waals surface area contributed by atoms with E-state index in [1.807, 2.05) is 45.0 Å². The minimum absolute atomic E-state index is 0.0244. The number of aryl methyl sites for hydroxylation is 1. The number of aromatic nitrogens is 1. The van der Waals surface area contributed by atoms with Crippen molar-refractivity contribution in [2.24, 2.45) is 0 Å². The molecule has 8 nitrogen and oxygen atoms in total. The molecule has 0 bridgehead atoms. The first-order valence-electron chi connectivity index (χ1n) is 14.7. The number of nitrogens with zero attached hydrogens (tertiary/aromatic N) is 2. The van der Waals surface area contributed by atoms with Gasteiger partial charge in [0.1, 0.15) is 11.5 Å². The molecule has 0 saturated carbocycles. The first-order chi connectivity index (χ1) is 20.9. The molecule has 1 aliphatic rings. The number of amides is 1. The number of thiazole rings is 1. The standard InChI is InChI=1S/C34H36N2O6S/c1-5-8-9-18-42-26-17-13-23(20-27(26)41-7-3)30-29(31(37)22-11-14-24(15-12-22)40-6-2)32(38)33(39)36(30)34-35-25-16-10-21(4)19-28(25)43-34/h10-17,19-20,30,37H,5-9,18H2,1-4H3/b31-29+. The third kappa shape index (κ3) is 6.22. The number of unbranched alkanes of at least 4 members (excludes halogenated alkanes) is 2. The zero-order valence-corrected chi connectivity index (χ0v) is 25.7. The molecule has 4 aromatic rings. The fourth-order valence-electron chi connectivity index (χ4n) is 5.12. The smallest absolute Gasteiger partial charge is 0.301 e. The van der Waals surface area contributed by atoms with E-state index in [-0.39, 0.29) is 11.3 Å². The van der Waals surface area contributed by atoms with Crippen LogP contribution in [0.2, 0.25) is 0 Å². The maximum absolute atomic E-state index is 13.7. The highest BCUT2D eigenvalue weighted by molar-refractivity contribution is 7.22. The molecule has 0 spiro atoms. The fraction of sp³-hybridized carbons (Fsp3) is 0.324. The van der Waals surface area contributed by atoms with E-state index in [0.29, 0.717) is 53.3 Å². The molecule has 224 valence electrons. The van der Waals surface area contributed by atoms with Crippen LogP contribution in [0.15, 0.2) is 66.2 Å². The average Bonchev–Trinajstić information content (AvgIpc) is 3.53. The van der Waals surface area contributed by atoms with Crippen LogP contribution >= 0.6 is 11.3 Å². The summed E-state index contributed by atoms with van der Waals surface area (Å²) in [6.45, 7) is 9.34. The van der Waals surface area contributed by atoms with Gasteiger partial charge in [0.2, 0.25) is 0 Å². The number of ketones is 1. The quantitative estimate of drug-likeness (QED) is 0.0774. The molecule has 1 aliphatic heterocycles. The van der Waals surface area contributed by atoms with Crippen molar-refractivity contribution in [3.8, 4) is 17.2 Å². The van der Waals surface area contributed by atoms with Gasteiger partial charge < -0.3 is 19.3 Å². The number of ether oxygens (including phenoxy) is 3. The number of carbonyl (C=O) groups is 2. The van der Waals surface area contributed by atoms with Crippen LogP contribution in [0.1, 0.15) is 62.8 Å². The van der Waals surface area contributed by atoms with E-state index >= 15 is 0 Å². The summed E-state index contributed by atoms with van der Waals surface area (Å²) in [5.41, 5.74) is 2.75. The predicted octanol–water partition coefficient (Wildman–Crippen LogP) is 7.60. The Morgan fingerprint density at radius 2 is 1.67 bits per heavy atom. The van der Waals surface area contributed by atoms with E-state index in [1.54, 1.807) is 36.4 Å². The number of fused-ring (bicyclic) bond motifs is 1. The Bertz CT molecular complexity index is 1660. The molecular formula is C34H36N2O6S. The van der Waals surface area contributed by atoms with Crippen LogP contribution in [0, 0.1) is 6.92 Å². The molecule has 5 rings (SSSR count). The van der Waals surface area contributed by atoms with Gasteiger partial charge in [-0.05, 0) is 86.8 Å². The highest BCUT2D eigenvalue weighted by Crippen LogP contribution is 2.46. The van der Waals surface area contributed by atoms with E-state index in [0.717, 1.165) is 35.0 Å². The number of rotatable bonds is 12. The number of aliphatic hydroxyl groups is 1. The summed E-state index contributed by atoms with van der Waals surface area (Å²) in [6, 6.07) is 17.1. The summed E-state index contributed by atoms with van der Waals surface area (Å²) in [5, 5.41) is 11.9. The van der Waals surface area contributed by atoms with Gasteiger partial charge in [-0.1, -0.05) is 43.2 Å². The highest BCUT2D eigenvalue weighted by atomic mass is 32.1. The number of anilines is 1. The van der Waals surface area contributed by atoms with Gasteiger partial charge in [-0.25, -0.2) is 4.98 Å². The van der Waals surface area contributed by atoms with Crippen molar-refractivity contribution in [2.45, 2.75) is 53.0 Å². The third-order valence-corrected chi connectivity index (χ3v) is 8.23. The Morgan fingerprint density at radius 1 is 0.907 bits per heavy atom. The highest BCUT2D eigenvalue weighted by Gasteiger charge is 2.48. The molecule has 0 aliphatic carbocycles.